The van der Waals surface area contributed by atoms with Gasteiger partial charge in [0.25, 0.3) is 10.0 Å². The normalized spacial score (nSPS) is 13.9. The number of sulfonamides is 1. The van der Waals surface area contributed by atoms with Gasteiger partial charge in [-0.15, -0.1) is 16.4 Å². The Balaban J connectivity index is 2.39. The molecule has 0 amide bonds. The Labute approximate surface area is 130 Å². The van der Waals surface area contributed by atoms with Gasteiger partial charge >= 0.3 is 0 Å². The topological polar surface area (TPSA) is 68.1 Å². The maximum Gasteiger partial charge on any atom is 0.263 e. The van der Waals surface area contributed by atoms with Crippen LogP contribution in [0.15, 0.2) is 21.8 Å². The number of hydrogen-bond acceptors (Lipinski definition) is 5. The molecule has 2 aromatic rings. The average Bonchev–Trinajstić information content (AvgIpc) is 2.94. The quantitative estimate of drug-likeness (QED) is 0.818. The Kier molecular flexibility index (Phi) is 4.33. The van der Waals surface area contributed by atoms with Crippen LogP contribution in [0.5, 0.6) is 0 Å². The van der Waals surface area contributed by atoms with Crippen molar-refractivity contribution in [2.75, 3.05) is 7.05 Å². The van der Waals surface area contributed by atoms with E-state index in [1.165, 1.54) is 8.99 Å². The molecule has 6 nitrogen and oxygen atoms in total. The summed E-state index contributed by atoms with van der Waals surface area (Å²) in [6.45, 7) is 3.86. The lowest BCUT2D eigenvalue weighted by molar-refractivity contribution is 0.397. The zero-order valence-electron chi connectivity index (χ0n) is 11.5. The summed E-state index contributed by atoms with van der Waals surface area (Å²) in [6.07, 6.45) is 0. The minimum Gasteiger partial charge on any atom is -0.235 e. The van der Waals surface area contributed by atoms with E-state index in [0.717, 1.165) is 9.75 Å². The smallest absolute Gasteiger partial charge is 0.235 e. The Morgan fingerprint density at radius 2 is 2.10 bits per heavy atom. The minimum atomic E-state index is -3.66. The highest BCUT2D eigenvalue weighted by Crippen LogP contribution is 2.31. The van der Waals surface area contributed by atoms with E-state index in [9.17, 15) is 8.42 Å². The van der Waals surface area contributed by atoms with E-state index >= 15 is 0 Å². The first kappa shape index (κ1) is 15.6. The van der Waals surface area contributed by atoms with Crippen molar-refractivity contribution < 1.29 is 8.42 Å². The van der Waals surface area contributed by atoms with Crippen molar-refractivity contribution >= 4 is 37.3 Å². The van der Waals surface area contributed by atoms with Crippen LogP contribution >= 0.6 is 27.3 Å². The summed E-state index contributed by atoms with van der Waals surface area (Å²) < 4.78 is 28.1. The Morgan fingerprint density at radius 1 is 1.45 bits per heavy atom. The van der Waals surface area contributed by atoms with Gasteiger partial charge in [0.05, 0.1) is 6.04 Å². The number of aromatic nitrogens is 3. The molecule has 20 heavy (non-hydrogen) atoms. The van der Waals surface area contributed by atoms with Gasteiger partial charge in [0.15, 0.2) is 4.60 Å². The molecule has 0 aliphatic heterocycles. The maximum absolute atomic E-state index is 12.7. The van der Waals surface area contributed by atoms with Crippen LogP contribution < -0.4 is 0 Å². The van der Waals surface area contributed by atoms with Crippen LogP contribution in [0.1, 0.15) is 22.7 Å². The summed E-state index contributed by atoms with van der Waals surface area (Å²) in [4.78, 5) is 2.15. The highest BCUT2D eigenvalue weighted by Gasteiger charge is 2.32. The van der Waals surface area contributed by atoms with E-state index in [4.69, 9.17) is 0 Å². The van der Waals surface area contributed by atoms with Gasteiger partial charge in [-0.05, 0) is 41.9 Å². The van der Waals surface area contributed by atoms with E-state index in [2.05, 4.69) is 26.2 Å². The summed E-state index contributed by atoms with van der Waals surface area (Å²) in [6, 6.07) is 3.69. The lowest BCUT2D eigenvalue weighted by atomic mass is 10.3. The molecule has 0 radical (unpaired) electrons. The highest BCUT2D eigenvalue weighted by molar-refractivity contribution is 9.10. The van der Waals surface area contributed by atoms with Crippen molar-refractivity contribution in [3.63, 3.8) is 0 Å². The first-order chi connectivity index (χ1) is 9.25. The van der Waals surface area contributed by atoms with E-state index in [-0.39, 0.29) is 15.7 Å². The molecule has 0 aliphatic carbocycles. The van der Waals surface area contributed by atoms with Gasteiger partial charge in [0.1, 0.15) is 0 Å². The van der Waals surface area contributed by atoms with Crippen LogP contribution in [0.4, 0.5) is 0 Å². The number of thiophene rings is 1. The molecule has 2 aromatic heterocycles. The fourth-order valence-electron chi connectivity index (χ4n) is 1.80. The Morgan fingerprint density at radius 3 is 2.55 bits per heavy atom. The van der Waals surface area contributed by atoms with Crippen LogP contribution in [0.3, 0.4) is 0 Å². The third-order valence-electron chi connectivity index (χ3n) is 3.08. The summed E-state index contributed by atoms with van der Waals surface area (Å²) >= 11 is 4.72. The lowest BCUT2D eigenvalue weighted by Crippen LogP contribution is -2.31. The number of aryl methyl sites for hydroxylation is 2. The molecule has 110 valence electrons. The third-order valence-corrected chi connectivity index (χ3v) is 7.07. The first-order valence-electron chi connectivity index (χ1n) is 5.84. The molecule has 0 fully saturated rings. The molecule has 0 aromatic carbocycles. The molecule has 0 saturated carbocycles. The molecule has 9 heteroatoms. The van der Waals surface area contributed by atoms with Crippen molar-refractivity contribution in [1.82, 2.24) is 19.3 Å². The fraction of sp³-hybridized carbons (Fsp3) is 0.455. The maximum atomic E-state index is 12.7. The van der Waals surface area contributed by atoms with Crippen molar-refractivity contribution in [2.45, 2.75) is 24.9 Å². The second-order valence-electron chi connectivity index (χ2n) is 4.45. The van der Waals surface area contributed by atoms with E-state index < -0.39 is 10.0 Å². The Hall–Kier alpha value is -0.770. The van der Waals surface area contributed by atoms with Gasteiger partial charge in [-0.25, -0.2) is 13.1 Å². The fourth-order valence-corrected chi connectivity index (χ4v) is 5.21. The lowest BCUT2D eigenvalue weighted by Gasteiger charge is -2.23. The van der Waals surface area contributed by atoms with E-state index in [1.807, 2.05) is 26.0 Å². The predicted molar refractivity (Wildman–Crippen MR) is 81.1 cm³/mol. The van der Waals surface area contributed by atoms with Crippen LogP contribution in [-0.2, 0) is 17.1 Å². The van der Waals surface area contributed by atoms with Crippen LogP contribution in [0.2, 0.25) is 0 Å². The molecule has 1 atom stereocenters. The summed E-state index contributed by atoms with van der Waals surface area (Å²) in [5, 5.41) is 7.50. The molecular weight excluding hydrogens is 364 g/mol. The average molecular weight is 379 g/mol. The Bertz CT molecular complexity index is 703. The monoisotopic (exact) mass is 378 g/mol. The van der Waals surface area contributed by atoms with Crippen molar-refractivity contribution in [1.29, 1.82) is 0 Å². The summed E-state index contributed by atoms with van der Waals surface area (Å²) in [5.41, 5.74) is 0. The van der Waals surface area contributed by atoms with E-state index in [0.29, 0.717) is 0 Å². The van der Waals surface area contributed by atoms with Gasteiger partial charge in [-0.1, -0.05) is 5.21 Å². The van der Waals surface area contributed by atoms with Gasteiger partial charge in [0, 0.05) is 23.8 Å². The first-order valence-corrected chi connectivity index (χ1v) is 8.89. The summed E-state index contributed by atoms with van der Waals surface area (Å²) in [7, 11) is -0.546. The van der Waals surface area contributed by atoms with Gasteiger partial charge < -0.3 is 0 Å². The molecule has 0 bridgehead atoms. The zero-order valence-corrected chi connectivity index (χ0v) is 14.8. The SMILES string of the molecule is Cc1ccc(C(C)N(C)S(=O)(=O)c2c(Br)nnn2C)s1. The van der Waals surface area contributed by atoms with Gasteiger partial charge in [0.2, 0.25) is 5.03 Å². The minimum absolute atomic E-state index is 0.0557. The predicted octanol–water partition coefficient (Wildman–Crippen LogP) is 2.33. The number of hydrogen-bond donors (Lipinski definition) is 0. The standard InChI is InChI=1S/C11H15BrN4O2S2/c1-7-5-6-9(19-7)8(2)16(4)20(17,18)11-10(12)13-14-15(11)3/h5-6,8H,1-4H3. The molecular formula is C11H15BrN4O2S2. The zero-order chi connectivity index (χ0) is 15.1. The van der Waals surface area contributed by atoms with E-state index in [1.54, 1.807) is 25.4 Å². The van der Waals surface area contributed by atoms with Gasteiger partial charge in [-0.3, -0.25) is 0 Å². The third kappa shape index (κ3) is 2.67. The van der Waals surface area contributed by atoms with Crippen molar-refractivity contribution in [2.24, 2.45) is 7.05 Å². The van der Waals surface area contributed by atoms with Crippen molar-refractivity contribution in [3.05, 3.63) is 26.5 Å². The molecule has 0 N–H and O–H groups in total. The molecule has 0 aliphatic rings. The molecule has 0 saturated heterocycles. The number of halogens is 1. The van der Waals surface area contributed by atoms with Gasteiger partial charge in [-0.2, -0.15) is 4.31 Å². The van der Waals surface area contributed by atoms with Crippen LogP contribution in [0, 0.1) is 6.92 Å². The largest absolute Gasteiger partial charge is 0.263 e. The highest BCUT2D eigenvalue weighted by atomic mass is 79.9. The molecule has 2 rings (SSSR count). The van der Waals surface area contributed by atoms with Crippen LogP contribution in [0.25, 0.3) is 0 Å². The molecule has 0 spiro atoms. The van der Waals surface area contributed by atoms with Crippen LogP contribution in [-0.4, -0.2) is 34.8 Å². The second-order valence-corrected chi connectivity index (χ2v) is 8.44. The second kappa shape index (κ2) is 5.55. The molecule has 2 heterocycles. The number of nitrogens with zero attached hydrogens (tertiary/aromatic N) is 4. The van der Waals surface area contributed by atoms with Crippen molar-refractivity contribution in [3.8, 4) is 0 Å². The number of rotatable bonds is 4. The summed E-state index contributed by atoms with van der Waals surface area (Å²) in [5.74, 6) is 0. The molecule has 1 unspecified atom stereocenters.